The molecule has 6 heteroatoms. The fourth-order valence-electron chi connectivity index (χ4n) is 2.50. The van der Waals surface area contributed by atoms with Crippen LogP contribution in [-0.2, 0) is 0 Å². The van der Waals surface area contributed by atoms with Gasteiger partial charge in [-0.15, -0.1) is 0 Å². The Hall–Kier alpha value is -1.24. The van der Waals surface area contributed by atoms with E-state index < -0.39 is 0 Å². The molecular formula is C13H20N4OS. The van der Waals surface area contributed by atoms with E-state index in [0.29, 0.717) is 23.3 Å². The molecular weight excluding hydrogens is 260 g/mol. The van der Waals surface area contributed by atoms with Crippen LogP contribution in [0.5, 0.6) is 0 Å². The maximum atomic E-state index is 9.87. The number of likely N-dealkylation sites (N-methyl/N-ethyl adjacent to an activating group) is 1. The van der Waals surface area contributed by atoms with Crippen molar-refractivity contribution in [2.24, 2.45) is 5.73 Å². The molecule has 1 fully saturated rings. The minimum absolute atomic E-state index is 0.278. The van der Waals surface area contributed by atoms with Gasteiger partial charge in [-0.1, -0.05) is 12.2 Å². The molecule has 0 aliphatic carbocycles. The van der Waals surface area contributed by atoms with Crippen molar-refractivity contribution in [2.75, 3.05) is 32.1 Å². The second-order valence-corrected chi connectivity index (χ2v) is 5.66. The second-order valence-electron chi connectivity index (χ2n) is 5.22. The van der Waals surface area contributed by atoms with Crippen molar-refractivity contribution in [2.45, 2.75) is 18.6 Å². The maximum Gasteiger partial charge on any atom is 0.122 e. The van der Waals surface area contributed by atoms with Crippen molar-refractivity contribution in [3.8, 4) is 0 Å². The van der Waals surface area contributed by atoms with E-state index in [1.54, 1.807) is 6.20 Å². The van der Waals surface area contributed by atoms with Gasteiger partial charge >= 0.3 is 0 Å². The van der Waals surface area contributed by atoms with Crippen LogP contribution in [0.2, 0.25) is 0 Å². The standard InChI is InChI=1S/C13H20N4OS/c1-16(2)7-10-5-11(18)8-17(10)9-3-4-12(13(14)19)15-6-9/h3-4,6,10-11,18H,5,7-8H2,1-2H3,(H2,14,19). The molecule has 2 unspecified atom stereocenters. The number of nitrogens with two attached hydrogens (primary N) is 1. The third-order valence-corrected chi connectivity index (χ3v) is 3.51. The van der Waals surface area contributed by atoms with Gasteiger partial charge in [-0.3, -0.25) is 4.98 Å². The van der Waals surface area contributed by atoms with Gasteiger partial charge in [-0.05, 0) is 32.6 Å². The molecule has 2 atom stereocenters. The highest BCUT2D eigenvalue weighted by molar-refractivity contribution is 7.80. The molecule has 1 aromatic heterocycles. The summed E-state index contributed by atoms with van der Waals surface area (Å²) in [7, 11) is 4.08. The first kappa shape index (κ1) is 14.2. The molecule has 1 aliphatic rings. The minimum atomic E-state index is -0.278. The summed E-state index contributed by atoms with van der Waals surface area (Å²) < 4.78 is 0. The summed E-state index contributed by atoms with van der Waals surface area (Å²) in [5, 5.41) is 9.87. The number of pyridine rings is 1. The normalized spacial score (nSPS) is 23.1. The maximum absolute atomic E-state index is 9.87. The van der Waals surface area contributed by atoms with Crippen LogP contribution < -0.4 is 10.6 Å². The van der Waals surface area contributed by atoms with Crippen LogP contribution in [-0.4, -0.2) is 59.3 Å². The van der Waals surface area contributed by atoms with Crippen molar-refractivity contribution in [3.63, 3.8) is 0 Å². The number of thiocarbonyl (C=S) groups is 1. The van der Waals surface area contributed by atoms with E-state index in [1.807, 2.05) is 26.2 Å². The summed E-state index contributed by atoms with van der Waals surface area (Å²) in [6.07, 6.45) is 2.28. The first-order valence-corrected chi connectivity index (χ1v) is 6.73. The molecule has 1 aromatic rings. The Balaban J connectivity index is 2.16. The molecule has 1 saturated heterocycles. The molecule has 0 saturated carbocycles. The van der Waals surface area contributed by atoms with Crippen LogP contribution in [0, 0.1) is 0 Å². The summed E-state index contributed by atoms with van der Waals surface area (Å²) in [6.45, 7) is 1.56. The first-order chi connectivity index (χ1) is 8.97. The molecule has 1 aliphatic heterocycles. The predicted molar refractivity (Wildman–Crippen MR) is 80.4 cm³/mol. The average molecular weight is 280 g/mol. The third kappa shape index (κ3) is 3.40. The van der Waals surface area contributed by atoms with E-state index in [-0.39, 0.29) is 6.10 Å². The first-order valence-electron chi connectivity index (χ1n) is 6.32. The predicted octanol–water partition coefficient (Wildman–Crippen LogP) is 0.217. The molecule has 0 bridgehead atoms. The van der Waals surface area contributed by atoms with Crippen molar-refractivity contribution in [1.29, 1.82) is 0 Å². The highest BCUT2D eigenvalue weighted by Gasteiger charge is 2.31. The molecule has 3 N–H and O–H groups in total. The lowest BCUT2D eigenvalue weighted by molar-refractivity contribution is 0.191. The largest absolute Gasteiger partial charge is 0.391 e. The Bertz CT molecular complexity index is 448. The summed E-state index contributed by atoms with van der Waals surface area (Å²) in [5.41, 5.74) is 7.17. The van der Waals surface area contributed by atoms with Gasteiger partial charge in [0, 0.05) is 19.1 Å². The average Bonchev–Trinajstić information content (AvgIpc) is 2.69. The molecule has 0 aromatic carbocycles. The van der Waals surface area contributed by atoms with E-state index in [9.17, 15) is 5.11 Å². The number of aromatic nitrogens is 1. The topological polar surface area (TPSA) is 65.6 Å². The van der Waals surface area contributed by atoms with Gasteiger partial charge in [-0.2, -0.15) is 0 Å². The van der Waals surface area contributed by atoms with Crippen LogP contribution in [0.15, 0.2) is 18.3 Å². The molecule has 5 nitrogen and oxygen atoms in total. The zero-order valence-corrected chi connectivity index (χ0v) is 12.1. The Kier molecular flexibility index (Phi) is 4.34. The molecule has 2 rings (SSSR count). The van der Waals surface area contributed by atoms with E-state index in [0.717, 1.165) is 18.7 Å². The van der Waals surface area contributed by atoms with E-state index >= 15 is 0 Å². The molecule has 2 heterocycles. The van der Waals surface area contributed by atoms with Crippen molar-refractivity contribution in [3.05, 3.63) is 24.0 Å². The number of nitrogens with zero attached hydrogens (tertiary/aromatic N) is 3. The van der Waals surface area contributed by atoms with Gasteiger partial charge in [0.1, 0.15) is 4.99 Å². The summed E-state index contributed by atoms with van der Waals surface area (Å²) in [4.78, 5) is 8.89. The van der Waals surface area contributed by atoms with Gasteiger partial charge in [-0.25, -0.2) is 0 Å². The van der Waals surface area contributed by atoms with Gasteiger partial charge in [0.2, 0.25) is 0 Å². The molecule has 0 radical (unpaired) electrons. The SMILES string of the molecule is CN(C)CC1CC(O)CN1c1ccc(C(N)=S)nc1. The number of hydrogen-bond donors (Lipinski definition) is 2. The highest BCUT2D eigenvalue weighted by atomic mass is 32.1. The van der Waals surface area contributed by atoms with Gasteiger partial charge < -0.3 is 20.6 Å². The number of hydrogen-bond acceptors (Lipinski definition) is 5. The lowest BCUT2D eigenvalue weighted by Gasteiger charge is -2.28. The smallest absolute Gasteiger partial charge is 0.122 e. The minimum Gasteiger partial charge on any atom is -0.391 e. The second kappa shape index (κ2) is 5.81. The Morgan fingerprint density at radius 1 is 1.58 bits per heavy atom. The van der Waals surface area contributed by atoms with Crippen LogP contribution in [0.25, 0.3) is 0 Å². The van der Waals surface area contributed by atoms with E-state index in [1.165, 1.54) is 0 Å². The van der Waals surface area contributed by atoms with Crippen LogP contribution >= 0.6 is 12.2 Å². The summed E-state index contributed by atoms with van der Waals surface area (Å²) in [5.74, 6) is 0. The number of rotatable bonds is 4. The quantitative estimate of drug-likeness (QED) is 0.769. The molecule has 0 spiro atoms. The zero-order chi connectivity index (χ0) is 14.0. The number of aliphatic hydroxyl groups excluding tert-OH is 1. The van der Waals surface area contributed by atoms with Crippen LogP contribution in [0.1, 0.15) is 12.1 Å². The monoisotopic (exact) mass is 280 g/mol. The highest BCUT2D eigenvalue weighted by Crippen LogP contribution is 2.25. The molecule has 19 heavy (non-hydrogen) atoms. The summed E-state index contributed by atoms with van der Waals surface area (Å²) in [6, 6.07) is 4.10. The Labute approximate surface area is 119 Å². The lowest BCUT2D eigenvalue weighted by Crippen LogP contribution is -2.37. The number of β-amino-alcohol motifs (C(OH)–C–C–N with tert-alkyl or cyclic N) is 1. The summed E-state index contributed by atoms with van der Waals surface area (Å²) >= 11 is 4.89. The lowest BCUT2D eigenvalue weighted by atomic mass is 10.2. The fourth-order valence-corrected chi connectivity index (χ4v) is 2.63. The van der Waals surface area contributed by atoms with Crippen LogP contribution in [0.3, 0.4) is 0 Å². The zero-order valence-electron chi connectivity index (χ0n) is 11.3. The van der Waals surface area contributed by atoms with E-state index in [2.05, 4.69) is 14.8 Å². The number of anilines is 1. The fraction of sp³-hybridized carbons (Fsp3) is 0.538. The molecule has 0 amide bonds. The van der Waals surface area contributed by atoms with Gasteiger partial charge in [0.05, 0.1) is 23.7 Å². The van der Waals surface area contributed by atoms with Crippen molar-refractivity contribution < 1.29 is 5.11 Å². The van der Waals surface area contributed by atoms with Crippen LogP contribution in [0.4, 0.5) is 5.69 Å². The van der Waals surface area contributed by atoms with Gasteiger partial charge in [0.15, 0.2) is 0 Å². The Morgan fingerprint density at radius 3 is 2.84 bits per heavy atom. The number of aliphatic hydroxyl groups is 1. The Morgan fingerprint density at radius 2 is 2.32 bits per heavy atom. The van der Waals surface area contributed by atoms with Crippen molar-refractivity contribution >= 4 is 22.9 Å². The molecule has 104 valence electrons. The third-order valence-electron chi connectivity index (χ3n) is 3.30. The van der Waals surface area contributed by atoms with E-state index in [4.69, 9.17) is 18.0 Å². The van der Waals surface area contributed by atoms with Gasteiger partial charge in [0.25, 0.3) is 0 Å². The van der Waals surface area contributed by atoms with Crippen molar-refractivity contribution in [1.82, 2.24) is 9.88 Å².